The van der Waals surface area contributed by atoms with E-state index in [4.69, 9.17) is 8.94 Å². The van der Waals surface area contributed by atoms with E-state index < -0.39 is 0 Å². The SMILES string of the molecule is CNC(C)c1nc(-c2cc3ccccc3o2)no1. The number of nitrogens with one attached hydrogen (secondary N) is 1. The Morgan fingerprint density at radius 2 is 2.11 bits per heavy atom. The Morgan fingerprint density at radius 3 is 2.89 bits per heavy atom. The molecule has 18 heavy (non-hydrogen) atoms. The van der Waals surface area contributed by atoms with E-state index in [1.807, 2.05) is 44.3 Å². The highest BCUT2D eigenvalue weighted by Crippen LogP contribution is 2.26. The maximum Gasteiger partial charge on any atom is 0.243 e. The quantitative estimate of drug-likeness (QED) is 0.766. The Morgan fingerprint density at radius 1 is 1.28 bits per heavy atom. The van der Waals surface area contributed by atoms with Crippen molar-refractivity contribution in [1.82, 2.24) is 15.5 Å². The first-order valence-electron chi connectivity index (χ1n) is 5.78. The minimum Gasteiger partial charge on any atom is -0.453 e. The highest BCUT2D eigenvalue weighted by Gasteiger charge is 2.16. The molecule has 0 aliphatic carbocycles. The van der Waals surface area contributed by atoms with Crippen molar-refractivity contribution in [2.45, 2.75) is 13.0 Å². The van der Waals surface area contributed by atoms with E-state index in [1.54, 1.807) is 0 Å². The van der Waals surface area contributed by atoms with Crippen LogP contribution in [-0.4, -0.2) is 17.2 Å². The van der Waals surface area contributed by atoms with Gasteiger partial charge in [-0.1, -0.05) is 23.4 Å². The van der Waals surface area contributed by atoms with E-state index in [-0.39, 0.29) is 6.04 Å². The Kier molecular flexibility index (Phi) is 2.60. The van der Waals surface area contributed by atoms with Crippen LogP contribution in [0.15, 0.2) is 39.3 Å². The van der Waals surface area contributed by atoms with Crippen molar-refractivity contribution in [1.29, 1.82) is 0 Å². The highest BCUT2D eigenvalue weighted by molar-refractivity contribution is 5.81. The molecule has 0 fully saturated rings. The molecular formula is C13H13N3O2. The van der Waals surface area contributed by atoms with Crippen molar-refractivity contribution < 1.29 is 8.94 Å². The van der Waals surface area contributed by atoms with Crippen molar-refractivity contribution in [2.75, 3.05) is 7.05 Å². The summed E-state index contributed by atoms with van der Waals surface area (Å²) in [6.45, 7) is 1.95. The first-order chi connectivity index (χ1) is 8.78. The second-order valence-corrected chi connectivity index (χ2v) is 4.12. The fourth-order valence-electron chi connectivity index (χ4n) is 1.73. The molecule has 0 saturated heterocycles. The summed E-state index contributed by atoms with van der Waals surface area (Å²) in [4.78, 5) is 4.31. The molecule has 0 bridgehead atoms. The predicted molar refractivity (Wildman–Crippen MR) is 67.0 cm³/mol. The van der Waals surface area contributed by atoms with E-state index in [2.05, 4.69) is 15.5 Å². The number of hydrogen-bond donors (Lipinski definition) is 1. The summed E-state index contributed by atoms with van der Waals surface area (Å²) in [7, 11) is 1.84. The number of aromatic nitrogens is 2. The average molecular weight is 243 g/mol. The maximum absolute atomic E-state index is 5.68. The largest absolute Gasteiger partial charge is 0.453 e. The molecule has 3 aromatic rings. The van der Waals surface area contributed by atoms with Crippen LogP contribution >= 0.6 is 0 Å². The molecule has 5 nitrogen and oxygen atoms in total. The van der Waals surface area contributed by atoms with Gasteiger partial charge in [-0.25, -0.2) is 0 Å². The summed E-state index contributed by atoms with van der Waals surface area (Å²) in [6, 6.07) is 9.73. The Labute approximate surface area is 104 Å². The van der Waals surface area contributed by atoms with Gasteiger partial charge in [0.05, 0.1) is 6.04 Å². The summed E-state index contributed by atoms with van der Waals surface area (Å²) in [5.74, 6) is 1.64. The zero-order chi connectivity index (χ0) is 12.5. The fraction of sp³-hybridized carbons (Fsp3) is 0.231. The molecule has 1 unspecified atom stereocenters. The van der Waals surface area contributed by atoms with Gasteiger partial charge >= 0.3 is 0 Å². The fourth-order valence-corrected chi connectivity index (χ4v) is 1.73. The summed E-state index contributed by atoms with van der Waals surface area (Å²) < 4.78 is 10.9. The predicted octanol–water partition coefficient (Wildman–Crippen LogP) is 2.76. The molecule has 0 radical (unpaired) electrons. The first-order valence-corrected chi connectivity index (χ1v) is 5.78. The molecule has 0 saturated carbocycles. The molecule has 5 heteroatoms. The van der Waals surface area contributed by atoms with Gasteiger partial charge < -0.3 is 14.3 Å². The second-order valence-electron chi connectivity index (χ2n) is 4.12. The number of rotatable bonds is 3. The van der Waals surface area contributed by atoms with Crippen molar-refractivity contribution in [3.05, 3.63) is 36.2 Å². The van der Waals surface area contributed by atoms with Crippen LogP contribution in [0.3, 0.4) is 0 Å². The highest BCUT2D eigenvalue weighted by atomic mass is 16.5. The van der Waals surface area contributed by atoms with Crippen molar-refractivity contribution >= 4 is 11.0 Å². The number of para-hydroxylation sites is 1. The lowest BCUT2D eigenvalue weighted by Crippen LogP contribution is -2.12. The minimum atomic E-state index is 0.0237. The molecular weight excluding hydrogens is 230 g/mol. The zero-order valence-electron chi connectivity index (χ0n) is 10.2. The van der Waals surface area contributed by atoms with E-state index in [9.17, 15) is 0 Å². The average Bonchev–Trinajstić information content (AvgIpc) is 3.03. The van der Waals surface area contributed by atoms with Crippen LogP contribution < -0.4 is 5.32 Å². The van der Waals surface area contributed by atoms with Crippen LogP contribution in [0.1, 0.15) is 18.9 Å². The van der Waals surface area contributed by atoms with Crippen LogP contribution in [0.2, 0.25) is 0 Å². The van der Waals surface area contributed by atoms with Gasteiger partial charge in [0.25, 0.3) is 0 Å². The van der Waals surface area contributed by atoms with Crippen LogP contribution in [0, 0.1) is 0 Å². The molecule has 2 aromatic heterocycles. The molecule has 0 spiro atoms. The van der Waals surface area contributed by atoms with Crippen LogP contribution in [0.25, 0.3) is 22.6 Å². The van der Waals surface area contributed by atoms with Gasteiger partial charge in [0.15, 0.2) is 5.76 Å². The third-order valence-electron chi connectivity index (χ3n) is 2.89. The summed E-state index contributed by atoms with van der Waals surface area (Å²) in [5.41, 5.74) is 0.820. The van der Waals surface area contributed by atoms with Crippen LogP contribution in [0.4, 0.5) is 0 Å². The standard InChI is InChI=1S/C13H13N3O2/c1-8(14-2)13-15-12(16-18-13)11-7-9-5-3-4-6-10(9)17-11/h3-8,14H,1-2H3. The van der Waals surface area contributed by atoms with Gasteiger partial charge in [0.1, 0.15) is 5.58 Å². The van der Waals surface area contributed by atoms with Gasteiger partial charge in [-0.2, -0.15) is 4.98 Å². The number of nitrogens with zero attached hydrogens (tertiary/aromatic N) is 2. The van der Waals surface area contributed by atoms with Crippen LogP contribution in [-0.2, 0) is 0 Å². The molecule has 3 rings (SSSR count). The van der Waals surface area contributed by atoms with Crippen molar-refractivity contribution in [3.8, 4) is 11.6 Å². The lowest BCUT2D eigenvalue weighted by atomic mass is 10.2. The Hall–Kier alpha value is -2.14. The summed E-state index contributed by atoms with van der Waals surface area (Å²) >= 11 is 0. The van der Waals surface area contributed by atoms with E-state index in [0.717, 1.165) is 11.0 Å². The molecule has 0 aliphatic heterocycles. The van der Waals surface area contributed by atoms with Crippen molar-refractivity contribution in [2.24, 2.45) is 0 Å². The smallest absolute Gasteiger partial charge is 0.243 e. The minimum absolute atomic E-state index is 0.0237. The lowest BCUT2D eigenvalue weighted by molar-refractivity contribution is 0.346. The second kappa shape index (κ2) is 4.27. The van der Waals surface area contributed by atoms with Gasteiger partial charge in [0.2, 0.25) is 11.7 Å². The normalized spacial score (nSPS) is 13.0. The van der Waals surface area contributed by atoms with E-state index in [0.29, 0.717) is 17.5 Å². The number of hydrogen-bond acceptors (Lipinski definition) is 5. The molecule has 1 atom stereocenters. The van der Waals surface area contributed by atoms with Gasteiger partial charge in [-0.05, 0) is 26.1 Å². The summed E-state index contributed by atoms with van der Waals surface area (Å²) in [5, 5.41) is 8.00. The lowest BCUT2D eigenvalue weighted by Gasteiger charge is -2.01. The number of fused-ring (bicyclic) bond motifs is 1. The molecule has 0 aliphatic rings. The van der Waals surface area contributed by atoms with Crippen LogP contribution in [0.5, 0.6) is 0 Å². The first kappa shape index (κ1) is 11.0. The Bertz CT molecular complexity index is 638. The van der Waals surface area contributed by atoms with Gasteiger partial charge in [-0.15, -0.1) is 0 Å². The number of benzene rings is 1. The summed E-state index contributed by atoms with van der Waals surface area (Å²) in [6.07, 6.45) is 0. The third kappa shape index (κ3) is 1.78. The topological polar surface area (TPSA) is 64.1 Å². The zero-order valence-corrected chi connectivity index (χ0v) is 10.2. The van der Waals surface area contributed by atoms with Crippen molar-refractivity contribution in [3.63, 3.8) is 0 Å². The molecule has 92 valence electrons. The van der Waals surface area contributed by atoms with E-state index in [1.165, 1.54) is 0 Å². The molecule has 0 amide bonds. The molecule has 1 N–H and O–H groups in total. The third-order valence-corrected chi connectivity index (χ3v) is 2.89. The number of furan rings is 1. The van der Waals surface area contributed by atoms with Gasteiger partial charge in [-0.3, -0.25) is 0 Å². The molecule has 2 heterocycles. The monoisotopic (exact) mass is 243 g/mol. The molecule has 1 aromatic carbocycles. The van der Waals surface area contributed by atoms with Gasteiger partial charge in [0, 0.05) is 5.39 Å². The maximum atomic E-state index is 5.68. The Balaban J connectivity index is 2.01. The van der Waals surface area contributed by atoms with E-state index >= 15 is 0 Å².